The lowest BCUT2D eigenvalue weighted by Crippen LogP contribution is -2.27. The van der Waals surface area contributed by atoms with Crippen LogP contribution in [0.4, 0.5) is 11.4 Å². The van der Waals surface area contributed by atoms with Crippen LogP contribution >= 0.6 is 11.6 Å². The fraction of sp³-hybridized carbons (Fsp3) is 0.200. The number of nitrogens with zero attached hydrogens (tertiary/aromatic N) is 1. The molecular weight excluding hydrogens is 372 g/mol. The number of nitrogens with one attached hydrogen (secondary N) is 1. The number of benzene rings is 2. The van der Waals surface area contributed by atoms with Crippen molar-refractivity contribution in [2.75, 3.05) is 21.8 Å². The first kappa shape index (κ1) is 17.1. The molecule has 0 aliphatic carbocycles. The van der Waals surface area contributed by atoms with Gasteiger partial charge in [0.25, 0.3) is 10.0 Å². The van der Waals surface area contributed by atoms with Crippen molar-refractivity contribution in [3.8, 4) is 0 Å². The lowest BCUT2D eigenvalue weighted by atomic mass is 10.1. The average Bonchev–Trinajstić information content (AvgIpc) is 2.90. The third-order valence-electron chi connectivity index (χ3n) is 3.71. The molecule has 0 fully saturated rings. The first-order valence-corrected chi connectivity index (χ1v) is 10.8. The van der Waals surface area contributed by atoms with E-state index in [9.17, 15) is 16.8 Å². The van der Waals surface area contributed by atoms with Crippen molar-refractivity contribution in [1.82, 2.24) is 0 Å². The fourth-order valence-electron chi connectivity index (χ4n) is 2.61. The Morgan fingerprint density at radius 3 is 2.33 bits per heavy atom. The van der Waals surface area contributed by atoms with Gasteiger partial charge in [0, 0.05) is 17.3 Å². The zero-order chi connectivity index (χ0) is 17.5. The molecule has 2 aromatic rings. The number of hydrogen-bond donors (Lipinski definition) is 1. The summed E-state index contributed by atoms with van der Waals surface area (Å²) in [5.41, 5.74) is 1.77. The van der Waals surface area contributed by atoms with Crippen LogP contribution < -0.4 is 9.03 Å². The number of sulfonamides is 2. The van der Waals surface area contributed by atoms with Crippen LogP contribution in [0.1, 0.15) is 5.56 Å². The maximum Gasteiger partial charge on any atom is 0.261 e. The molecule has 0 saturated carbocycles. The normalized spacial score (nSPS) is 14.5. The van der Waals surface area contributed by atoms with Gasteiger partial charge in [0.15, 0.2) is 0 Å². The van der Waals surface area contributed by atoms with Crippen LogP contribution in [-0.4, -0.2) is 29.6 Å². The van der Waals surface area contributed by atoms with Gasteiger partial charge < -0.3 is 0 Å². The van der Waals surface area contributed by atoms with Crippen molar-refractivity contribution >= 4 is 43.0 Å². The van der Waals surface area contributed by atoms with Crippen LogP contribution in [0.25, 0.3) is 0 Å². The average molecular weight is 387 g/mol. The minimum Gasteiger partial charge on any atom is -0.280 e. The van der Waals surface area contributed by atoms with E-state index in [0.717, 1.165) is 11.8 Å². The molecule has 0 unspecified atom stereocenters. The van der Waals surface area contributed by atoms with Gasteiger partial charge in [-0.15, -0.1) is 0 Å². The Labute approximate surface area is 146 Å². The molecule has 0 saturated heterocycles. The number of halogens is 1. The first-order chi connectivity index (χ1) is 11.2. The van der Waals surface area contributed by atoms with Gasteiger partial charge in [0.1, 0.15) is 0 Å². The van der Waals surface area contributed by atoms with E-state index in [-0.39, 0.29) is 4.90 Å². The predicted molar refractivity (Wildman–Crippen MR) is 94.6 cm³/mol. The zero-order valence-corrected chi connectivity index (χ0v) is 15.1. The SMILES string of the molecule is CS(=O)(=O)N1CCc2cc(NS(=O)(=O)c3ccc(Cl)cc3)ccc21. The quantitative estimate of drug-likeness (QED) is 0.874. The summed E-state index contributed by atoms with van der Waals surface area (Å²) >= 11 is 5.77. The van der Waals surface area contributed by atoms with Crippen molar-refractivity contribution in [3.63, 3.8) is 0 Å². The highest BCUT2D eigenvalue weighted by atomic mass is 35.5. The smallest absolute Gasteiger partial charge is 0.261 e. The number of rotatable bonds is 4. The predicted octanol–water partition coefficient (Wildman–Crippen LogP) is 2.46. The molecule has 0 bridgehead atoms. The summed E-state index contributed by atoms with van der Waals surface area (Å²) in [5, 5.41) is 0.451. The molecule has 1 aliphatic heterocycles. The van der Waals surface area contributed by atoms with E-state index in [1.807, 2.05) is 0 Å². The zero-order valence-electron chi connectivity index (χ0n) is 12.7. The van der Waals surface area contributed by atoms with Gasteiger partial charge >= 0.3 is 0 Å². The molecule has 0 spiro atoms. The third-order valence-corrected chi connectivity index (χ3v) is 6.54. The second-order valence-electron chi connectivity index (χ2n) is 5.49. The molecular formula is C15H15ClN2O4S2. The van der Waals surface area contributed by atoms with E-state index in [1.54, 1.807) is 18.2 Å². The molecule has 0 amide bonds. The molecule has 0 aromatic heterocycles. The van der Waals surface area contributed by atoms with Gasteiger partial charge in [0.05, 0.1) is 16.8 Å². The lowest BCUT2D eigenvalue weighted by molar-refractivity contribution is 0.597. The fourth-order valence-corrected chi connectivity index (χ4v) is 4.74. The molecule has 1 N–H and O–H groups in total. The second-order valence-corrected chi connectivity index (χ2v) is 9.51. The molecule has 0 atom stereocenters. The van der Waals surface area contributed by atoms with Crippen molar-refractivity contribution in [2.45, 2.75) is 11.3 Å². The standard InChI is InChI=1S/C15H15ClN2O4S2/c1-23(19,20)18-9-8-11-10-13(4-7-15(11)18)17-24(21,22)14-5-2-12(16)3-6-14/h2-7,10,17H,8-9H2,1H3. The minimum atomic E-state index is -3.73. The van der Waals surface area contributed by atoms with Crippen molar-refractivity contribution in [2.24, 2.45) is 0 Å². The highest BCUT2D eigenvalue weighted by molar-refractivity contribution is 7.92. The van der Waals surface area contributed by atoms with Gasteiger partial charge in [-0.3, -0.25) is 9.03 Å². The summed E-state index contributed by atoms with van der Waals surface area (Å²) < 4.78 is 52.0. The largest absolute Gasteiger partial charge is 0.280 e. The van der Waals surface area contributed by atoms with Gasteiger partial charge in [-0.2, -0.15) is 0 Å². The van der Waals surface area contributed by atoms with Crippen LogP contribution in [0.15, 0.2) is 47.4 Å². The Bertz CT molecular complexity index is 987. The maximum atomic E-state index is 12.4. The Morgan fingerprint density at radius 2 is 1.71 bits per heavy atom. The maximum absolute atomic E-state index is 12.4. The summed E-state index contributed by atoms with van der Waals surface area (Å²) in [6.45, 7) is 0.363. The molecule has 128 valence electrons. The molecule has 1 aliphatic rings. The van der Waals surface area contributed by atoms with Crippen LogP contribution in [-0.2, 0) is 26.5 Å². The molecule has 9 heteroatoms. The van der Waals surface area contributed by atoms with Gasteiger partial charge in [-0.25, -0.2) is 16.8 Å². The van der Waals surface area contributed by atoms with E-state index in [2.05, 4.69) is 4.72 Å². The number of fused-ring (bicyclic) bond motifs is 1. The lowest BCUT2D eigenvalue weighted by Gasteiger charge is -2.16. The highest BCUT2D eigenvalue weighted by Gasteiger charge is 2.26. The van der Waals surface area contributed by atoms with Crippen LogP contribution in [0, 0.1) is 0 Å². The molecule has 0 radical (unpaired) electrons. The van der Waals surface area contributed by atoms with E-state index in [1.165, 1.54) is 28.6 Å². The van der Waals surface area contributed by atoms with Gasteiger partial charge in [0.2, 0.25) is 10.0 Å². The molecule has 24 heavy (non-hydrogen) atoms. The van der Waals surface area contributed by atoms with Crippen molar-refractivity contribution in [3.05, 3.63) is 53.1 Å². The topological polar surface area (TPSA) is 83.6 Å². The van der Waals surface area contributed by atoms with E-state index in [4.69, 9.17) is 11.6 Å². The number of anilines is 2. The molecule has 2 aromatic carbocycles. The summed E-state index contributed by atoms with van der Waals surface area (Å²) in [7, 11) is -7.06. The van der Waals surface area contributed by atoms with E-state index < -0.39 is 20.0 Å². The van der Waals surface area contributed by atoms with Crippen LogP contribution in [0.5, 0.6) is 0 Å². The minimum absolute atomic E-state index is 0.102. The summed E-state index contributed by atoms with van der Waals surface area (Å²) in [6.07, 6.45) is 1.69. The van der Waals surface area contributed by atoms with Crippen LogP contribution in [0.2, 0.25) is 5.02 Å². The van der Waals surface area contributed by atoms with E-state index in [0.29, 0.717) is 29.4 Å². The Hall–Kier alpha value is -1.77. The van der Waals surface area contributed by atoms with E-state index >= 15 is 0 Å². The Morgan fingerprint density at radius 1 is 1.04 bits per heavy atom. The third kappa shape index (κ3) is 3.35. The Balaban J connectivity index is 1.89. The monoisotopic (exact) mass is 386 g/mol. The summed E-state index contributed by atoms with van der Waals surface area (Å²) in [5.74, 6) is 0. The van der Waals surface area contributed by atoms with Crippen LogP contribution in [0.3, 0.4) is 0 Å². The second kappa shape index (κ2) is 5.94. The molecule has 1 heterocycles. The first-order valence-electron chi connectivity index (χ1n) is 7.06. The molecule has 3 rings (SSSR count). The Kier molecular flexibility index (Phi) is 4.23. The summed E-state index contributed by atoms with van der Waals surface area (Å²) in [4.78, 5) is 0.102. The van der Waals surface area contributed by atoms with Crippen molar-refractivity contribution < 1.29 is 16.8 Å². The summed E-state index contributed by atoms with van der Waals surface area (Å²) in [6, 6.07) is 10.7. The van der Waals surface area contributed by atoms with Gasteiger partial charge in [-0.1, -0.05) is 11.6 Å². The molecule has 6 nitrogen and oxygen atoms in total. The highest BCUT2D eigenvalue weighted by Crippen LogP contribution is 2.32. The van der Waals surface area contributed by atoms with Crippen molar-refractivity contribution in [1.29, 1.82) is 0 Å². The number of hydrogen-bond acceptors (Lipinski definition) is 4. The van der Waals surface area contributed by atoms with Gasteiger partial charge in [-0.05, 0) is 54.4 Å².